The van der Waals surface area contributed by atoms with Gasteiger partial charge in [-0.1, -0.05) is 13.0 Å². The van der Waals surface area contributed by atoms with E-state index < -0.39 is 17.7 Å². The summed E-state index contributed by atoms with van der Waals surface area (Å²) in [4.78, 5) is 23.7. The molecule has 0 bridgehead atoms. The quantitative estimate of drug-likeness (QED) is 0.784. The van der Waals surface area contributed by atoms with Gasteiger partial charge in [-0.05, 0) is 52.0 Å². The molecule has 0 aromatic carbocycles. The van der Waals surface area contributed by atoms with Crippen LogP contribution in [0, 0.1) is 5.92 Å². The van der Waals surface area contributed by atoms with Gasteiger partial charge in [0, 0.05) is 0 Å². The molecule has 1 atom stereocenters. The van der Waals surface area contributed by atoms with E-state index >= 15 is 0 Å². The normalized spacial score (nSPS) is 17.6. The van der Waals surface area contributed by atoms with Gasteiger partial charge in [0.25, 0.3) is 0 Å². The minimum atomic E-state index is -0.555. The number of alkyl carbamates (subject to hydrolysis) is 1. The van der Waals surface area contributed by atoms with E-state index in [0.717, 1.165) is 19.3 Å². The van der Waals surface area contributed by atoms with Crippen LogP contribution in [0.25, 0.3) is 0 Å². The average molecular weight is 253 g/mol. The summed E-state index contributed by atoms with van der Waals surface area (Å²) in [7, 11) is 0. The summed E-state index contributed by atoms with van der Waals surface area (Å²) in [5, 5.41) is 2.69. The van der Waals surface area contributed by atoms with Crippen LogP contribution in [0.3, 0.4) is 0 Å². The van der Waals surface area contributed by atoms with Gasteiger partial charge in [0.15, 0.2) is 5.78 Å². The molecule has 4 heteroatoms. The Balaban J connectivity index is 2.64. The fourth-order valence-corrected chi connectivity index (χ4v) is 1.87. The lowest BCUT2D eigenvalue weighted by Crippen LogP contribution is -2.49. The Hall–Kier alpha value is -1.32. The first kappa shape index (κ1) is 14.7. The Morgan fingerprint density at radius 1 is 1.33 bits per heavy atom. The number of carbonyl (C=O) groups is 2. The first-order valence-corrected chi connectivity index (χ1v) is 6.40. The molecule has 1 aliphatic carbocycles. The van der Waals surface area contributed by atoms with Crippen molar-refractivity contribution >= 4 is 11.9 Å². The molecule has 1 aliphatic rings. The molecule has 102 valence electrons. The second-order valence-corrected chi connectivity index (χ2v) is 5.96. The lowest BCUT2D eigenvalue weighted by molar-refractivity contribution is -0.119. The van der Waals surface area contributed by atoms with Crippen LogP contribution < -0.4 is 5.32 Å². The second kappa shape index (κ2) is 5.55. The molecule has 1 saturated carbocycles. The standard InChI is InChI=1S/C14H23NO3/c1-9(2)12(16)11(10-7-6-8-10)15-13(17)18-14(3,4)5/h10-11H,1,6-8H2,2-5H3,(H,15,17). The molecule has 0 aromatic rings. The van der Waals surface area contributed by atoms with Crippen molar-refractivity contribution in [2.75, 3.05) is 0 Å². The molecule has 18 heavy (non-hydrogen) atoms. The van der Waals surface area contributed by atoms with Crippen molar-refractivity contribution in [3.8, 4) is 0 Å². The van der Waals surface area contributed by atoms with Crippen molar-refractivity contribution in [3.05, 3.63) is 12.2 Å². The molecule has 0 radical (unpaired) electrons. The van der Waals surface area contributed by atoms with Crippen molar-refractivity contribution in [1.29, 1.82) is 0 Å². The number of ketones is 1. The first-order chi connectivity index (χ1) is 8.20. The van der Waals surface area contributed by atoms with Gasteiger partial charge < -0.3 is 10.1 Å². The summed E-state index contributed by atoms with van der Waals surface area (Å²) in [6.07, 6.45) is 2.52. The molecule has 0 heterocycles. The molecule has 1 rings (SSSR count). The number of Topliss-reactive ketones (excluding diaryl/α,β-unsaturated/α-hetero) is 1. The third-order valence-corrected chi connectivity index (χ3v) is 3.00. The summed E-state index contributed by atoms with van der Waals surface area (Å²) >= 11 is 0. The smallest absolute Gasteiger partial charge is 0.408 e. The zero-order valence-corrected chi connectivity index (χ0v) is 11.7. The van der Waals surface area contributed by atoms with Crippen LogP contribution in [0.2, 0.25) is 0 Å². The summed E-state index contributed by atoms with van der Waals surface area (Å²) in [5.41, 5.74) is -0.0801. The predicted octanol–water partition coefficient (Wildman–Crippen LogP) is 2.83. The largest absolute Gasteiger partial charge is 0.444 e. The minimum absolute atomic E-state index is 0.0921. The van der Waals surface area contributed by atoms with E-state index in [1.54, 1.807) is 27.7 Å². The van der Waals surface area contributed by atoms with Crippen molar-refractivity contribution in [3.63, 3.8) is 0 Å². The molecule has 0 saturated heterocycles. The highest BCUT2D eigenvalue weighted by Crippen LogP contribution is 2.31. The van der Waals surface area contributed by atoms with Gasteiger partial charge in [-0.2, -0.15) is 0 Å². The Morgan fingerprint density at radius 3 is 2.22 bits per heavy atom. The maximum absolute atomic E-state index is 12.0. The Morgan fingerprint density at radius 2 is 1.89 bits per heavy atom. The monoisotopic (exact) mass is 253 g/mol. The Kier molecular flexibility index (Phi) is 4.54. The maximum Gasteiger partial charge on any atom is 0.408 e. The highest BCUT2D eigenvalue weighted by Gasteiger charge is 2.34. The lowest BCUT2D eigenvalue weighted by Gasteiger charge is -2.33. The Bertz CT molecular complexity index is 351. The highest BCUT2D eigenvalue weighted by molar-refractivity contribution is 6.00. The van der Waals surface area contributed by atoms with E-state index in [1.165, 1.54) is 0 Å². The molecule has 0 spiro atoms. The molecule has 0 aliphatic heterocycles. The number of nitrogens with one attached hydrogen (secondary N) is 1. The van der Waals surface area contributed by atoms with Crippen LogP contribution >= 0.6 is 0 Å². The van der Waals surface area contributed by atoms with E-state index in [0.29, 0.717) is 5.57 Å². The lowest BCUT2D eigenvalue weighted by atomic mass is 9.77. The highest BCUT2D eigenvalue weighted by atomic mass is 16.6. The van der Waals surface area contributed by atoms with E-state index in [1.807, 2.05) is 0 Å². The van der Waals surface area contributed by atoms with E-state index in [4.69, 9.17) is 4.74 Å². The van der Waals surface area contributed by atoms with Crippen LogP contribution in [-0.2, 0) is 9.53 Å². The Labute approximate surface area is 109 Å². The molecule has 0 aromatic heterocycles. The number of hydrogen-bond acceptors (Lipinski definition) is 3. The number of ether oxygens (including phenoxy) is 1. The summed E-state index contributed by atoms with van der Waals surface area (Å²) < 4.78 is 5.18. The maximum atomic E-state index is 12.0. The van der Waals surface area contributed by atoms with Gasteiger partial charge in [-0.25, -0.2) is 4.79 Å². The van der Waals surface area contributed by atoms with Gasteiger partial charge >= 0.3 is 6.09 Å². The molecular weight excluding hydrogens is 230 g/mol. The fourth-order valence-electron chi connectivity index (χ4n) is 1.87. The molecular formula is C14H23NO3. The van der Waals surface area contributed by atoms with Crippen molar-refractivity contribution in [2.45, 2.75) is 58.6 Å². The number of hydrogen-bond donors (Lipinski definition) is 1. The van der Waals surface area contributed by atoms with Crippen molar-refractivity contribution in [2.24, 2.45) is 5.92 Å². The topological polar surface area (TPSA) is 55.4 Å². The van der Waals surface area contributed by atoms with Gasteiger partial charge in [-0.15, -0.1) is 0 Å². The summed E-state index contributed by atoms with van der Waals surface area (Å²) in [6, 6.07) is -0.480. The fraction of sp³-hybridized carbons (Fsp3) is 0.714. The van der Waals surface area contributed by atoms with Crippen LogP contribution in [0.5, 0.6) is 0 Å². The first-order valence-electron chi connectivity index (χ1n) is 6.40. The predicted molar refractivity (Wildman–Crippen MR) is 70.3 cm³/mol. The SMILES string of the molecule is C=C(C)C(=O)C(NC(=O)OC(C)(C)C)C1CCC1. The zero-order valence-electron chi connectivity index (χ0n) is 11.7. The van der Waals surface area contributed by atoms with Crippen LogP contribution in [-0.4, -0.2) is 23.5 Å². The molecule has 1 amide bonds. The van der Waals surface area contributed by atoms with E-state index in [9.17, 15) is 9.59 Å². The average Bonchev–Trinajstić information content (AvgIpc) is 2.09. The summed E-state index contributed by atoms with van der Waals surface area (Å²) in [6.45, 7) is 10.7. The van der Waals surface area contributed by atoms with Crippen LogP contribution in [0.1, 0.15) is 47.0 Å². The molecule has 1 N–H and O–H groups in total. The molecule has 1 unspecified atom stereocenters. The van der Waals surface area contributed by atoms with Crippen molar-refractivity contribution in [1.82, 2.24) is 5.32 Å². The molecule has 1 fully saturated rings. The third-order valence-electron chi connectivity index (χ3n) is 3.00. The van der Waals surface area contributed by atoms with E-state index in [2.05, 4.69) is 11.9 Å². The van der Waals surface area contributed by atoms with Gasteiger partial charge in [0.1, 0.15) is 5.60 Å². The second-order valence-electron chi connectivity index (χ2n) is 5.96. The number of carbonyl (C=O) groups excluding carboxylic acids is 2. The van der Waals surface area contributed by atoms with Crippen molar-refractivity contribution < 1.29 is 14.3 Å². The number of amides is 1. The van der Waals surface area contributed by atoms with E-state index in [-0.39, 0.29) is 11.7 Å². The van der Waals surface area contributed by atoms with Gasteiger partial charge in [0.2, 0.25) is 0 Å². The van der Waals surface area contributed by atoms with Crippen LogP contribution in [0.4, 0.5) is 4.79 Å². The summed E-state index contributed by atoms with van der Waals surface area (Å²) in [5.74, 6) is 0.132. The molecule has 4 nitrogen and oxygen atoms in total. The van der Waals surface area contributed by atoms with Gasteiger partial charge in [0.05, 0.1) is 6.04 Å². The zero-order chi connectivity index (χ0) is 13.9. The number of rotatable bonds is 4. The van der Waals surface area contributed by atoms with Crippen LogP contribution in [0.15, 0.2) is 12.2 Å². The van der Waals surface area contributed by atoms with Gasteiger partial charge in [-0.3, -0.25) is 4.79 Å². The minimum Gasteiger partial charge on any atom is -0.444 e. The third kappa shape index (κ3) is 4.17.